The second-order valence-corrected chi connectivity index (χ2v) is 11.7. The van der Waals surface area contributed by atoms with E-state index in [0.717, 1.165) is 29.5 Å². The molecular formula is C29H32FN3O7S. The van der Waals surface area contributed by atoms with Gasteiger partial charge in [0.15, 0.2) is 6.23 Å². The van der Waals surface area contributed by atoms with Crippen molar-refractivity contribution in [3.05, 3.63) is 83.7 Å². The molecule has 1 atom stereocenters. The number of piperidine rings is 1. The molecule has 0 radical (unpaired) electrons. The van der Waals surface area contributed by atoms with E-state index in [1.54, 1.807) is 12.1 Å². The molecule has 2 aliphatic heterocycles. The molecule has 2 heterocycles. The number of carbonyl (C=O) groups is 1. The Hall–Kier alpha value is -3.71. The number of hydroxylamine groups is 1. The van der Waals surface area contributed by atoms with Gasteiger partial charge in [-0.05, 0) is 86.9 Å². The van der Waals surface area contributed by atoms with Crippen molar-refractivity contribution in [3.63, 3.8) is 0 Å². The summed E-state index contributed by atoms with van der Waals surface area (Å²) >= 11 is 0. The first kappa shape index (κ1) is 28.8. The fraction of sp³-hybridized carbons (Fsp3) is 0.345. The fourth-order valence-electron chi connectivity index (χ4n) is 5.13. The lowest BCUT2D eigenvalue weighted by Gasteiger charge is -2.36. The van der Waals surface area contributed by atoms with Gasteiger partial charge in [0.2, 0.25) is 10.0 Å². The molecule has 3 aromatic carbocycles. The van der Waals surface area contributed by atoms with Crippen LogP contribution in [0.1, 0.15) is 36.6 Å². The molecule has 0 spiro atoms. The number of benzene rings is 3. The summed E-state index contributed by atoms with van der Waals surface area (Å²) in [5, 5.41) is 9.12. The van der Waals surface area contributed by atoms with E-state index < -0.39 is 28.2 Å². The van der Waals surface area contributed by atoms with Gasteiger partial charge in [0.25, 0.3) is 0 Å². The van der Waals surface area contributed by atoms with Crippen molar-refractivity contribution in [1.29, 1.82) is 0 Å². The first-order chi connectivity index (χ1) is 19.8. The number of amides is 1. The second kappa shape index (κ2) is 12.9. The second-order valence-electron chi connectivity index (χ2n) is 9.84. The van der Waals surface area contributed by atoms with Crippen molar-refractivity contribution in [2.24, 2.45) is 0 Å². The number of nitrogens with zero attached hydrogens (tertiary/aromatic N) is 2. The Kier molecular flexibility index (Phi) is 9.03. The summed E-state index contributed by atoms with van der Waals surface area (Å²) in [7, 11) is -4.15. The van der Waals surface area contributed by atoms with E-state index in [0.29, 0.717) is 35.8 Å². The smallest absolute Gasteiger partial charge is 0.432 e. The number of nitrogens with one attached hydrogen (secondary N) is 1. The van der Waals surface area contributed by atoms with E-state index in [1.807, 2.05) is 6.07 Å². The number of ether oxygens (including phenoxy) is 3. The van der Waals surface area contributed by atoms with Gasteiger partial charge in [0, 0.05) is 24.2 Å². The lowest BCUT2D eigenvalue weighted by atomic mass is 9.98. The molecule has 41 heavy (non-hydrogen) atoms. The van der Waals surface area contributed by atoms with Crippen molar-refractivity contribution in [2.45, 2.75) is 36.8 Å². The highest BCUT2D eigenvalue weighted by Crippen LogP contribution is 2.39. The molecule has 1 saturated heterocycles. The summed E-state index contributed by atoms with van der Waals surface area (Å²) in [6, 6.07) is 16.4. The molecule has 218 valence electrons. The predicted molar refractivity (Wildman–Crippen MR) is 147 cm³/mol. The summed E-state index contributed by atoms with van der Waals surface area (Å²) in [5.74, 6) is 0.965. The van der Waals surface area contributed by atoms with Crippen LogP contribution in [0.15, 0.2) is 71.6 Å². The molecule has 12 heteroatoms. The van der Waals surface area contributed by atoms with Crippen LogP contribution in [0.2, 0.25) is 0 Å². The molecule has 0 aromatic heterocycles. The first-order valence-corrected chi connectivity index (χ1v) is 14.9. The number of halogens is 1. The molecule has 1 fully saturated rings. The van der Waals surface area contributed by atoms with Crippen LogP contribution in [-0.4, -0.2) is 61.7 Å². The van der Waals surface area contributed by atoms with Crippen molar-refractivity contribution in [3.8, 4) is 17.2 Å². The standard InChI is InChI=1S/C29H32FN3O7S/c30-21-7-9-22(10-8-21)39-23-11-13-24(14-12-23)41(36,37)33-18-15-25-26(28(33)40-29(34)31-35)5-4-6-27(25)38-20-19-32-16-2-1-3-17-32/h4-14,28,35H,1-3,15-20H2,(H,31,34). The Labute approximate surface area is 238 Å². The molecule has 10 nitrogen and oxygen atoms in total. The van der Waals surface area contributed by atoms with Crippen LogP contribution >= 0.6 is 0 Å². The molecule has 0 saturated carbocycles. The zero-order valence-corrected chi connectivity index (χ0v) is 23.2. The minimum atomic E-state index is -4.15. The third kappa shape index (κ3) is 6.79. The Bertz CT molecular complexity index is 1450. The Balaban J connectivity index is 1.35. The maximum absolute atomic E-state index is 13.7. The lowest BCUT2D eigenvalue weighted by molar-refractivity contribution is 0.00199. The summed E-state index contributed by atoms with van der Waals surface area (Å²) in [6.07, 6.45) is 1.42. The maximum atomic E-state index is 13.7. The molecular weight excluding hydrogens is 553 g/mol. The molecule has 5 rings (SSSR count). The zero-order chi connectivity index (χ0) is 28.8. The van der Waals surface area contributed by atoms with Gasteiger partial charge in [0.05, 0.1) is 4.90 Å². The monoisotopic (exact) mass is 585 g/mol. The van der Waals surface area contributed by atoms with Crippen LogP contribution in [0.4, 0.5) is 9.18 Å². The predicted octanol–water partition coefficient (Wildman–Crippen LogP) is 4.84. The largest absolute Gasteiger partial charge is 0.492 e. The lowest BCUT2D eigenvalue weighted by Crippen LogP contribution is -2.43. The third-order valence-electron chi connectivity index (χ3n) is 7.18. The van der Waals surface area contributed by atoms with Crippen LogP contribution < -0.4 is 15.0 Å². The highest BCUT2D eigenvalue weighted by molar-refractivity contribution is 7.89. The van der Waals surface area contributed by atoms with Gasteiger partial charge in [-0.3, -0.25) is 10.1 Å². The number of likely N-dealkylation sites (tertiary alicyclic amines) is 1. The van der Waals surface area contributed by atoms with E-state index in [2.05, 4.69) is 4.90 Å². The summed E-state index contributed by atoms with van der Waals surface area (Å²) < 4.78 is 58.9. The number of hydrogen-bond donors (Lipinski definition) is 2. The molecule has 1 amide bonds. The van der Waals surface area contributed by atoms with E-state index in [4.69, 9.17) is 19.4 Å². The van der Waals surface area contributed by atoms with Crippen LogP contribution in [0.25, 0.3) is 0 Å². The van der Waals surface area contributed by atoms with E-state index in [-0.39, 0.29) is 11.4 Å². The van der Waals surface area contributed by atoms with Crippen LogP contribution in [0, 0.1) is 5.82 Å². The maximum Gasteiger partial charge on any atom is 0.432 e. The fourth-order valence-corrected chi connectivity index (χ4v) is 6.62. The highest BCUT2D eigenvalue weighted by Gasteiger charge is 2.40. The number of sulfonamides is 1. The van der Waals surface area contributed by atoms with Crippen LogP contribution in [-0.2, 0) is 21.2 Å². The molecule has 0 bridgehead atoms. The molecule has 1 unspecified atom stereocenters. The van der Waals surface area contributed by atoms with Gasteiger partial charge in [-0.1, -0.05) is 18.6 Å². The normalized spacial score (nSPS) is 17.9. The van der Waals surface area contributed by atoms with E-state index in [9.17, 15) is 17.6 Å². The minimum absolute atomic E-state index is 0.0129. The number of carbonyl (C=O) groups excluding carboxylic acids is 1. The van der Waals surface area contributed by atoms with Gasteiger partial charge < -0.3 is 14.2 Å². The van der Waals surface area contributed by atoms with E-state index >= 15 is 0 Å². The Morgan fingerprint density at radius 3 is 2.32 bits per heavy atom. The third-order valence-corrected chi connectivity index (χ3v) is 9.04. The summed E-state index contributed by atoms with van der Waals surface area (Å²) in [4.78, 5) is 14.4. The highest BCUT2D eigenvalue weighted by atomic mass is 32.2. The summed E-state index contributed by atoms with van der Waals surface area (Å²) in [5.41, 5.74) is 2.62. The first-order valence-electron chi connectivity index (χ1n) is 13.5. The van der Waals surface area contributed by atoms with Gasteiger partial charge in [-0.15, -0.1) is 0 Å². The number of hydrogen-bond acceptors (Lipinski definition) is 8. The van der Waals surface area contributed by atoms with Crippen molar-refractivity contribution in [2.75, 3.05) is 32.8 Å². The van der Waals surface area contributed by atoms with Gasteiger partial charge in [-0.2, -0.15) is 4.31 Å². The Morgan fingerprint density at radius 1 is 0.951 bits per heavy atom. The van der Waals surface area contributed by atoms with Gasteiger partial charge >= 0.3 is 6.09 Å². The topological polar surface area (TPSA) is 118 Å². The Morgan fingerprint density at radius 2 is 1.63 bits per heavy atom. The summed E-state index contributed by atoms with van der Waals surface area (Å²) in [6.45, 7) is 3.38. The van der Waals surface area contributed by atoms with Gasteiger partial charge in [-0.25, -0.2) is 23.1 Å². The SMILES string of the molecule is O=C(NO)OC1c2cccc(OCCN3CCCCC3)c2CCN1S(=O)(=O)c1ccc(Oc2ccc(F)cc2)cc1. The van der Waals surface area contributed by atoms with Gasteiger partial charge in [0.1, 0.15) is 29.7 Å². The average molecular weight is 586 g/mol. The van der Waals surface area contributed by atoms with Crippen molar-refractivity contribution < 1.29 is 37.0 Å². The number of rotatable bonds is 9. The van der Waals surface area contributed by atoms with E-state index in [1.165, 1.54) is 73.3 Å². The zero-order valence-electron chi connectivity index (χ0n) is 22.4. The minimum Gasteiger partial charge on any atom is -0.492 e. The molecule has 3 aromatic rings. The molecule has 0 aliphatic carbocycles. The number of fused-ring (bicyclic) bond motifs is 1. The van der Waals surface area contributed by atoms with Crippen molar-refractivity contribution in [1.82, 2.24) is 14.7 Å². The molecule has 2 N–H and O–H groups in total. The van der Waals surface area contributed by atoms with Crippen LogP contribution in [0.3, 0.4) is 0 Å². The molecule has 2 aliphatic rings. The quantitative estimate of drug-likeness (QED) is 0.271. The van der Waals surface area contributed by atoms with Crippen LogP contribution in [0.5, 0.6) is 17.2 Å². The van der Waals surface area contributed by atoms with Crippen molar-refractivity contribution >= 4 is 16.1 Å². The average Bonchev–Trinajstić information content (AvgIpc) is 2.99.